The fraction of sp³-hybridized carbons (Fsp3) is 0.400. The smallest absolute Gasteiger partial charge is 0.268 e. The van der Waals surface area contributed by atoms with Crippen LogP contribution < -0.4 is 10.6 Å². The molecular weight excluding hydrogens is 374 g/mol. The Kier molecular flexibility index (Phi) is 6.89. The third-order valence-corrected chi connectivity index (χ3v) is 5.25. The summed E-state index contributed by atoms with van der Waals surface area (Å²) in [5.41, 5.74) is 6.25. The first kappa shape index (κ1) is 21.5. The minimum atomic E-state index is -0.640. The van der Waals surface area contributed by atoms with Gasteiger partial charge in [0.1, 0.15) is 5.69 Å². The average molecular weight is 400 g/mol. The van der Waals surface area contributed by atoms with E-state index in [9.17, 15) is 9.59 Å². The minimum Gasteiger partial charge on any atom is -0.364 e. The van der Waals surface area contributed by atoms with Gasteiger partial charge >= 0.3 is 0 Å². The SMILES string of the molecule is CC(C)N(C(C)C)C(C)N(C(=O)c1cccc(C#N)c1)c1nc(C(N)=O)cs1. The summed E-state index contributed by atoms with van der Waals surface area (Å²) < 4.78 is 0. The number of hydrogen-bond donors (Lipinski definition) is 1. The number of nitrogens with zero attached hydrogens (tertiary/aromatic N) is 4. The Morgan fingerprint density at radius 3 is 2.32 bits per heavy atom. The second kappa shape index (κ2) is 8.95. The molecule has 0 aliphatic heterocycles. The second-order valence-corrected chi connectivity index (χ2v) is 7.85. The lowest BCUT2D eigenvalue weighted by Gasteiger charge is -2.41. The van der Waals surface area contributed by atoms with Crippen molar-refractivity contribution in [2.24, 2.45) is 5.73 Å². The number of benzene rings is 1. The molecule has 2 N–H and O–H groups in total. The molecule has 0 saturated carbocycles. The Balaban J connectivity index is 2.55. The van der Waals surface area contributed by atoms with Crippen molar-refractivity contribution in [3.63, 3.8) is 0 Å². The number of carbonyl (C=O) groups is 2. The van der Waals surface area contributed by atoms with Crippen LogP contribution in [0.2, 0.25) is 0 Å². The van der Waals surface area contributed by atoms with Gasteiger partial charge < -0.3 is 5.73 Å². The molecule has 0 aliphatic carbocycles. The Labute approximate surface area is 169 Å². The van der Waals surface area contributed by atoms with Crippen LogP contribution in [0.15, 0.2) is 29.6 Å². The monoisotopic (exact) mass is 399 g/mol. The van der Waals surface area contributed by atoms with Crippen molar-refractivity contribution < 1.29 is 9.59 Å². The van der Waals surface area contributed by atoms with E-state index in [1.165, 1.54) is 11.3 Å². The molecule has 0 spiro atoms. The number of hydrogen-bond acceptors (Lipinski definition) is 6. The molecule has 0 saturated heterocycles. The topological polar surface area (TPSA) is 103 Å². The van der Waals surface area contributed by atoms with Gasteiger partial charge in [-0.25, -0.2) is 4.98 Å². The molecular formula is C20H25N5O2S. The molecule has 0 fully saturated rings. The molecule has 1 unspecified atom stereocenters. The van der Waals surface area contributed by atoms with Crippen LogP contribution in [0, 0.1) is 11.3 Å². The van der Waals surface area contributed by atoms with Crippen LogP contribution in [-0.4, -0.2) is 39.9 Å². The Hall–Kier alpha value is -2.76. The van der Waals surface area contributed by atoms with Crippen LogP contribution in [0.25, 0.3) is 0 Å². The molecule has 2 amide bonds. The summed E-state index contributed by atoms with van der Waals surface area (Å²) in [6.45, 7) is 10.2. The number of carbonyl (C=O) groups excluding carboxylic acids is 2. The fourth-order valence-electron chi connectivity index (χ4n) is 3.36. The summed E-state index contributed by atoms with van der Waals surface area (Å²) in [7, 11) is 0. The number of thiazole rings is 1. The van der Waals surface area contributed by atoms with Crippen molar-refractivity contribution in [3.8, 4) is 6.07 Å². The number of amides is 2. The van der Waals surface area contributed by atoms with Crippen molar-refractivity contribution in [2.75, 3.05) is 4.90 Å². The molecule has 1 atom stereocenters. The van der Waals surface area contributed by atoms with Gasteiger partial charge in [0.2, 0.25) is 0 Å². The lowest BCUT2D eigenvalue weighted by molar-refractivity contribution is 0.0845. The third-order valence-electron chi connectivity index (χ3n) is 4.41. The molecule has 8 heteroatoms. The number of primary amides is 1. The Morgan fingerprint density at radius 1 is 1.18 bits per heavy atom. The highest BCUT2D eigenvalue weighted by molar-refractivity contribution is 7.14. The van der Waals surface area contributed by atoms with Gasteiger partial charge in [0.05, 0.1) is 17.8 Å². The highest BCUT2D eigenvalue weighted by atomic mass is 32.1. The van der Waals surface area contributed by atoms with Gasteiger partial charge in [0, 0.05) is 23.0 Å². The molecule has 0 radical (unpaired) electrons. The van der Waals surface area contributed by atoms with Crippen molar-refractivity contribution in [1.82, 2.24) is 9.88 Å². The van der Waals surface area contributed by atoms with E-state index in [0.717, 1.165) is 0 Å². The number of rotatable bonds is 7. The summed E-state index contributed by atoms with van der Waals surface area (Å²) in [6.07, 6.45) is -0.329. The van der Waals surface area contributed by atoms with Crippen molar-refractivity contribution >= 4 is 28.3 Å². The summed E-state index contributed by atoms with van der Waals surface area (Å²) in [5.74, 6) is -0.931. The van der Waals surface area contributed by atoms with Gasteiger partial charge in [-0.2, -0.15) is 5.26 Å². The average Bonchev–Trinajstić information content (AvgIpc) is 3.11. The molecule has 28 heavy (non-hydrogen) atoms. The lowest BCUT2D eigenvalue weighted by atomic mass is 10.1. The zero-order chi connectivity index (χ0) is 21.0. The van der Waals surface area contributed by atoms with E-state index in [1.807, 2.05) is 6.92 Å². The first-order valence-corrected chi connectivity index (χ1v) is 9.91. The summed E-state index contributed by atoms with van der Waals surface area (Å²) in [5, 5.41) is 11.1. The van der Waals surface area contributed by atoms with Crippen molar-refractivity contribution in [2.45, 2.75) is 52.9 Å². The summed E-state index contributed by atoms with van der Waals surface area (Å²) in [6, 6.07) is 8.94. The van der Waals surface area contributed by atoms with Crippen molar-refractivity contribution in [3.05, 3.63) is 46.5 Å². The van der Waals surface area contributed by atoms with E-state index in [-0.39, 0.29) is 29.9 Å². The maximum atomic E-state index is 13.4. The second-order valence-electron chi connectivity index (χ2n) is 7.01. The van der Waals surface area contributed by atoms with E-state index in [4.69, 9.17) is 11.0 Å². The van der Waals surface area contributed by atoms with Crippen LogP contribution in [-0.2, 0) is 0 Å². The van der Waals surface area contributed by atoms with Crippen LogP contribution in [0.3, 0.4) is 0 Å². The van der Waals surface area contributed by atoms with Crippen molar-refractivity contribution in [1.29, 1.82) is 5.26 Å². The number of nitrogens with two attached hydrogens (primary N) is 1. The lowest BCUT2D eigenvalue weighted by Crippen LogP contribution is -2.54. The van der Waals surface area contributed by atoms with Crippen LogP contribution >= 0.6 is 11.3 Å². The molecule has 0 bridgehead atoms. The van der Waals surface area contributed by atoms with Gasteiger partial charge in [0.15, 0.2) is 5.13 Å². The van der Waals surface area contributed by atoms with E-state index in [2.05, 4.69) is 43.6 Å². The number of aromatic nitrogens is 1. The number of nitriles is 1. The van der Waals surface area contributed by atoms with E-state index >= 15 is 0 Å². The molecule has 7 nitrogen and oxygen atoms in total. The molecule has 1 aromatic heterocycles. The molecule has 148 valence electrons. The van der Waals surface area contributed by atoms with Crippen LogP contribution in [0.4, 0.5) is 5.13 Å². The standard InChI is InChI=1S/C20H25N5O2S/c1-12(2)24(13(3)4)14(5)25(20-23-17(11-28-20)18(22)26)19(27)16-8-6-7-15(9-16)10-21/h6-9,11-14H,1-5H3,(H2,22,26). The highest BCUT2D eigenvalue weighted by Gasteiger charge is 2.32. The first-order chi connectivity index (χ1) is 13.2. The molecule has 2 rings (SSSR count). The molecule has 1 heterocycles. The normalized spacial score (nSPS) is 12.2. The van der Waals surface area contributed by atoms with E-state index in [1.54, 1.807) is 34.5 Å². The molecule has 2 aromatic rings. The predicted octanol–water partition coefficient (Wildman–Crippen LogP) is 3.23. The third kappa shape index (κ3) is 4.55. The van der Waals surface area contributed by atoms with E-state index < -0.39 is 5.91 Å². The Morgan fingerprint density at radius 2 is 1.82 bits per heavy atom. The molecule has 1 aromatic carbocycles. The van der Waals surface area contributed by atoms with Gasteiger partial charge in [0.25, 0.3) is 11.8 Å². The minimum absolute atomic E-state index is 0.122. The highest BCUT2D eigenvalue weighted by Crippen LogP contribution is 2.28. The zero-order valence-electron chi connectivity index (χ0n) is 16.7. The zero-order valence-corrected chi connectivity index (χ0v) is 17.5. The first-order valence-electron chi connectivity index (χ1n) is 9.03. The molecule has 0 aliphatic rings. The summed E-state index contributed by atoms with van der Waals surface area (Å²) >= 11 is 1.19. The van der Waals surface area contributed by atoms with Gasteiger partial charge in [-0.3, -0.25) is 19.4 Å². The van der Waals surface area contributed by atoms with Gasteiger partial charge in [-0.1, -0.05) is 6.07 Å². The Bertz CT molecular complexity index is 892. The predicted molar refractivity (Wildman–Crippen MR) is 110 cm³/mol. The summed E-state index contributed by atoms with van der Waals surface area (Å²) in [4.78, 5) is 32.9. The van der Waals surface area contributed by atoms with Gasteiger partial charge in [-0.15, -0.1) is 11.3 Å². The van der Waals surface area contributed by atoms with Crippen LogP contribution in [0.5, 0.6) is 0 Å². The van der Waals surface area contributed by atoms with E-state index in [0.29, 0.717) is 16.3 Å². The maximum Gasteiger partial charge on any atom is 0.268 e. The fourth-order valence-corrected chi connectivity index (χ4v) is 4.24. The number of anilines is 1. The quantitative estimate of drug-likeness (QED) is 0.720. The van der Waals surface area contributed by atoms with Crippen LogP contribution in [0.1, 0.15) is 61.0 Å². The largest absolute Gasteiger partial charge is 0.364 e. The van der Waals surface area contributed by atoms with Gasteiger partial charge in [-0.05, 0) is 52.8 Å². The maximum absolute atomic E-state index is 13.4.